The number of amides is 1. The van der Waals surface area contributed by atoms with Crippen LogP contribution >= 0.6 is 0 Å². The largest absolute Gasteiger partial charge is 0.743 e. The van der Waals surface area contributed by atoms with E-state index in [0.717, 1.165) is 36.0 Å². The quantitative estimate of drug-likeness (QED) is 0.180. The van der Waals surface area contributed by atoms with Crippen molar-refractivity contribution in [3.05, 3.63) is 0 Å². The Morgan fingerprint density at radius 2 is 1.72 bits per heavy atom. The molecule has 0 aromatic rings. The number of hydrogen-bond acceptors (Lipinski definition) is 4. The lowest BCUT2D eigenvalue weighted by atomic mass is 9.44. The molecule has 0 heterocycles. The summed E-state index contributed by atoms with van der Waals surface area (Å²) in [5, 5.41) is 2.11. The molecule has 4 aliphatic carbocycles. The number of carbonyl (C=O) groups excluding carboxylic acids is 1. The van der Waals surface area contributed by atoms with Crippen molar-refractivity contribution in [1.82, 2.24) is 5.32 Å². The molecule has 0 bridgehead atoms. The number of quaternary nitrogens is 1. The van der Waals surface area contributed by atoms with Crippen LogP contribution < -0.4 is 5.32 Å². The van der Waals surface area contributed by atoms with E-state index in [2.05, 4.69) is 26.1 Å². The summed E-state index contributed by atoms with van der Waals surface area (Å²) in [6.45, 7) is 10.5. The van der Waals surface area contributed by atoms with Crippen molar-refractivity contribution in [2.45, 2.75) is 123 Å². The predicted molar refractivity (Wildman–Crippen MR) is 157 cm³/mol. The van der Waals surface area contributed by atoms with E-state index in [1.165, 1.54) is 64.2 Å². The average molecular weight is 567 g/mol. The minimum Gasteiger partial charge on any atom is -0.743 e. The molecular formula is C32H58N2O4S. The lowest BCUT2D eigenvalue weighted by Crippen LogP contribution is -2.53. The zero-order valence-corrected chi connectivity index (χ0v) is 26.7. The second-order valence-corrected chi connectivity index (χ2v) is 16.7. The van der Waals surface area contributed by atoms with Crippen molar-refractivity contribution in [3.8, 4) is 0 Å². The first-order valence-electron chi connectivity index (χ1n) is 16.3. The predicted octanol–water partition coefficient (Wildman–Crippen LogP) is 6.32. The van der Waals surface area contributed by atoms with Crippen LogP contribution in [-0.2, 0) is 14.9 Å². The van der Waals surface area contributed by atoms with E-state index in [9.17, 15) is 17.8 Å². The Morgan fingerprint density at radius 3 is 2.41 bits per heavy atom. The Morgan fingerprint density at radius 1 is 1.00 bits per heavy atom. The molecule has 4 aliphatic rings. The van der Waals surface area contributed by atoms with Gasteiger partial charge < -0.3 is 14.4 Å². The second-order valence-electron chi connectivity index (χ2n) is 15.2. The molecule has 0 aromatic carbocycles. The third kappa shape index (κ3) is 6.26. The lowest BCUT2D eigenvalue weighted by Gasteiger charge is -2.61. The van der Waals surface area contributed by atoms with Gasteiger partial charge in [-0.15, -0.1) is 0 Å². The molecule has 1 amide bonds. The van der Waals surface area contributed by atoms with E-state index in [-0.39, 0.29) is 10.4 Å². The highest BCUT2D eigenvalue weighted by Crippen LogP contribution is 2.68. The molecule has 4 saturated carbocycles. The van der Waals surface area contributed by atoms with Crippen LogP contribution in [0.15, 0.2) is 0 Å². The van der Waals surface area contributed by atoms with Gasteiger partial charge >= 0.3 is 0 Å². The second kappa shape index (κ2) is 11.9. The molecule has 7 heteroatoms. The van der Waals surface area contributed by atoms with E-state index in [4.69, 9.17) is 0 Å². The monoisotopic (exact) mass is 566 g/mol. The number of hydrogen-bond donors (Lipinski definition) is 1. The van der Waals surface area contributed by atoms with Crippen molar-refractivity contribution in [2.24, 2.45) is 46.3 Å². The Hall–Kier alpha value is -0.660. The lowest BCUT2D eigenvalue weighted by molar-refractivity contribution is -0.901. The standard InChI is InChI=1S/C32H58N2O4S/c1-7-30(39(36,37)38)34(5,6)22-10-21-33-29(35)17-12-23(2)26-15-16-27-25-14-13-24-11-8-9-19-31(24,3)28(25)18-20-32(26,27)4/h23-28,30H,7-22H2,1-6H3,(H-,33,35,36,37,38)/t23-,24?,25?,26-,27?,28?,30?,31+,32-/m1/s1. The Bertz CT molecular complexity index is 967. The van der Waals surface area contributed by atoms with Gasteiger partial charge in [-0.2, -0.15) is 0 Å². The number of rotatable bonds is 11. The van der Waals surface area contributed by atoms with E-state index < -0.39 is 15.5 Å². The van der Waals surface area contributed by atoms with Crippen LogP contribution in [0.3, 0.4) is 0 Å². The number of nitrogens with one attached hydrogen (secondary N) is 1. The van der Waals surface area contributed by atoms with Gasteiger partial charge in [-0.25, -0.2) is 8.42 Å². The minimum atomic E-state index is -4.35. The molecular weight excluding hydrogens is 508 g/mol. The van der Waals surface area contributed by atoms with Crippen LogP contribution in [0.1, 0.15) is 118 Å². The normalized spacial score (nSPS) is 38.3. The van der Waals surface area contributed by atoms with E-state index in [1.54, 1.807) is 21.0 Å². The fourth-order valence-electron chi connectivity index (χ4n) is 10.8. The molecule has 5 unspecified atom stereocenters. The maximum Gasteiger partial charge on any atom is 0.220 e. The molecule has 39 heavy (non-hydrogen) atoms. The first-order chi connectivity index (χ1) is 18.2. The van der Waals surface area contributed by atoms with Crippen molar-refractivity contribution in [2.75, 3.05) is 27.2 Å². The summed E-state index contributed by atoms with van der Waals surface area (Å²) in [5.74, 6) is 5.11. The van der Waals surface area contributed by atoms with Crippen LogP contribution in [0.4, 0.5) is 0 Å². The molecule has 226 valence electrons. The summed E-state index contributed by atoms with van der Waals surface area (Å²) in [6, 6.07) is 0. The summed E-state index contributed by atoms with van der Waals surface area (Å²) >= 11 is 0. The van der Waals surface area contributed by atoms with Gasteiger partial charge in [-0.3, -0.25) is 4.79 Å². The molecule has 0 spiro atoms. The topological polar surface area (TPSA) is 86.3 Å². The van der Waals surface area contributed by atoms with E-state index in [0.29, 0.717) is 49.1 Å². The Balaban J connectivity index is 1.24. The minimum absolute atomic E-state index is 0.0996. The molecule has 1 N–H and O–H groups in total. The fourth-order valence-corrected chi connectivity index (χ4v) is 12.0. The maximum absolute atomic E-state index is 12.7. The number of carbonyl (C=O) groups is 1. The molecule has 6 nitrogen and oxygen atoms in total. The van der Waals surface area contributed by atoms with Gasteiger partial charge in [0.2, 0.25) is 5.91 Å². The van der Waals surface area contributed by atoms with E-state index >= 15 is 0 Å². The third-order valence-corrected chi connectivity index (χ3v) is 14.4. The average Bonchev–Trinajstić information content (AvgIpc) is 3.21. The smallest absolute Gasteiger partial charge is 0.220 e. The third-order valence-electron chi connectivity index (χ3n) is 12.9. The number of fused-ring (bicyclic) bond motifs is 5. The summed E-state index contributed by atoms with van der Waals surface area (Å²) < 4.78 is 35.0. The molecule has 9 atom stereocenters. The first kappa shape index (κ1) is 31.3. The number of nitrogens with zero attached hydrogens (tertiary/aromatic N) is 1. The van der Waals surface area contributed by atoms with Crippen molar-refractivity contribution >= 4 is 16.0 Å². The van der Waals surface area contributed by atoms with Crippen LogP contribution in [0.5, 0.6) is 0 Å². The molecule has 0 aromatic heterocycles. The Kier molecular flexibility index (Phi) is 9.55. The highest BCUT2D eigenvalue weighted by Gasteiger charge is 2.60. The summed E-state index contributed by atoms with van der Waals surface area (Å²) in [5.41, 5.74) is 1.04. The van der Waals surface area contributed by atoms with Gasteiger partial charge in [-0.05, 0) is 104 Å². The molecule has 0 radical (unpaired) electrons. The van der Waals surface area contributed by atoms with Crippen molar-refractivity contribution < 1.29 is 22.2 Å². The van der Waals surface area contributed by atoms with Gasteiger partial charge in [0.05, 0.1) is 20.6 Å². The SMILES string of the molecule is CCC([N+](C)(C)CCCNC(=O)CC[C@@H](C)[C@H]1CCC2C3CCC4CCCC[C@]4(C)C3CC[C@@]21C)S(=O)(=O)[O-]. The van der Waals surface area contributed by atoms with Crippen LogP contribution in [-0.4, -0.2) is 55.9 Å². The molecule has 4 rings (SSSR count). The van der Waals surface area contributed by atoms with Crippen LogP contribution in [0.25, 0.3) is 0 Å². The maximum atomic E-state index is 12.7. The molecule has 0 aliphatic heterocycles. The first-order valence-corrected chi connectivity index (χ1v) is 17.7. The highest BCUT2D eigenvalue weighted by atomic mass is 32.2. The Labute approximate surface area is 239 Å². The van der Waals surface area contributed by atoms with Crippen LogP contribution in [0.2, 0.25) is 0 Å². The summed E-state index contributed by atoms with van der Waals surface area (Å²) in [6.07, 6.45) is 16.8. The summed E-state index contributed by atoms with van der Waals surface area (Å²) in [4.78, 5) is 12.7. The molecule has 4 fully saturated rings. The summed E-state index contributed by atoms with van der Waals surface area (Å²) in [7, 11) is -0.769. The fraction of sp³-hybridized carbons (Fsp3) is 0.969. The molecule has 0 saturated heterocycles. The zero-order chi connectivity index (χ0) is 28.6. The van der Waals surface area contributed by atoms with Crippen molar-refractivity contribution in [1.29, 1.82) is 0 Å². The highest BCUT2D eigenvalue weighted by molar-refractivity contribution is 7.86. The van der Waals surface area contributed by atoms with Crippen LogP contribution in [0, 0.1) is 46.3 Å². The van der Waals surface area contributed by atoms with E-state index in [1.807, 2.05) is 0 Å². The van der Waals surface area contributed by atoms with Gasteiger partial charge in [-0.1, -0.05) is 40.5 Å². The zero-order valence-electron chi connectivity index (χ0n) is 25.8. The van der Waals surface area contributed by atoms with Gasteiger partial charge in [0.1, 0.15) is 10.1 Å². The van der Waals surface area contributed by atoms with Crippen molar-refractivity contribution in [3.63, 3.8) is 0 Å². The van der Waals surface area contributed by atoms with Gasteiger partial charge in [0.25, 0.3) is 0 Å². The van der Waals surface area contributed by atoms with Gasteiger partial charge in [0.15, 0.2) is 5.37 Å². The van der Waals surface area contributed by atoms with Gasteiger partial charge in [0, 0.05) is 25.8 Å².